The van der Waals surface area contributed by atoms with Crippen molar-refractivity contribution in [1.82, 2.24) is 19.8 Å². The molecule has 1 aromatic heterocycles. The Balaban J connectivity index is 1.48. The Kier molecular flexibility index (Phi) is 12.7. The molecule has 4 rings (SSSR count). The molecule has 53 heavy (non-hydrogen) atoms. The van der Waals surface area contributed by atoms with E-state index in [-0.39, 0.29) is 39.6 Å². The van der Waals surface area contributed by atoms with E-state index < -0.39 is 52.9 Å². The van der Waals surface area contributed by atoms with Gasteiger partial charge in [0.15, 0.2) is 0 Å². The fraction of sp³-hybridized carbons (Fsp3) is 0.444. The number of alkyl halides is 3. The molecule has 0 atom stereocenters. The minimum atomic E-state index is -4.65. The number of ether oxygens (including phenoxy) is 2. The number of rotatable bonds is 8. The van der Waals surface area contributed by atoms with E-state index >= 15 is 0 Å². The second kappa shape index (κ2) is 16.5. The smallest absolute Gasteiger partial charge is 0.427 e. The van der Waals surface area contributed by atoms with Crippen LogP contribution in [0.1, 0.15) is 80.3 Å². The Morgan fingerprint density at radius 3 is 1.83 bits per heavy atom. The van der Waals surface area contributed by atoms with Gasteiger partial charge in [0, 0.05) is 67.1 Å². The first kappa shape index (κ1) is 41.0. The summed E-state index contributed by atoms with van der Waals surface area (Å²) < 4.78 is 53.0. The molecule has 0 saturated carbocycles. The van der Waals surface area contributed by atoms with Gasteiger partial charge in [-0.25, -0.2) is 19.6 Å². The van der Waals surface area contributed by atoms with Crippen LogP contribution in [0.4, 0.5) is 40.1 Å². The van der Waals surface area contributed by atoms with E-state index in [4.69, 9.17) is 21.1 Å². The number of anilines is 3. The Morgan fingerprint density at radius 2 is 1.30 bits per heavy atom. The zero-order valence-corrected chi connectivity index (χ0v) is 31.3. The van der Waals surface area contributed by atoms with Gasteiger partial charge in [-0.3, -0.25) is 14.5 Å². The molecule has 2 aromatic carbocycles. The summed E-state index contributed by atoms with van der Waals surface area (Å²) in [6.45, 7) is 15.5. The molecule has 13 nitrogen and oxygen atoms in total. The van der Waals surface area contributed by atoms with Crippen LogP contribution in [0.2, 0.25) is 5.02 Å². The van der Waals surface area contributed by atoms with Gasteiger partial charge in [0.1, 0.15) is 11.2 Å². The van der Waals surface area contributed by atoms with Gasteiger partial charge in [0.05, 0.1) is 11.1 Å². The van der Waals surface area contributed by atoms with Gasteiger partial charge in [-0.1, -0.05) is 24.6 Å². The highest BCUT2D eigenvalue weighted by atomic mass is 35.5. The molecule has 2 heterocycles. The van der Waals surface area contributed by atoms with Crippen LogP contribution in [0, 0.1) is 0 Å². The maximum atomic E-state index is 14.1. The van der Waals surface area contributed by atoms with Crippen LogP contribution in [0.25, 0.3) is 0 Å². The lowest BCUT2D eigenvalue weighted by molar-refractivity contribution is -0.138. The number of aromatic nitrogens is 2. The van der Waals surface area contributed by atoms with Crippen molar-refractivity contribution in [3.8, 4) is 0 Å². The third-order valence-electron chi connectivity index (χ3n) is 7.65. The Bertz CT molecular complexity index is 1790. The molecule has 4 amide bonds. The summed E-state index contributed by atoms with van der Waals surface area (Å²) in [6, 6.07) is 7.61. The van der Waals surface area contributed by atoms with E-state index in [1.54, 1.807) is 41.5 Å². The Hall–Kier alpha value is -4.80. The summed E-state index contributed by atoms with van der Waals surface area (Å²) in [7, 11) is 0. The molecule has 1 aliphatic rings. The number of imide groups is 1. The molecule has 0 unspecified atom stereocenters. The largest absolute Gasteiger partial charge is 0.443 e. The highest BCUT2D eigenvalue weighted by Crippen LogP contribution is 2.35. The van der Waals surface area contributed by atoms with Gasteiger partial charge in [-0.2, -0.15) is 13.2 Å². The van der Waals surface area contributed by atoms with Gasteiger partial charge in [-0.05, 0) is 84.0 Å². The van der Waals surface area contributed by atoms with E-state index in [0.717, 1.165) is 38.1 Å². The van der Waals surface area contributed by atoms with E-state index in [2.05, 4.69) is 25.5 Å². The molecule has 0 aliphatic carbocycles. The highest BCUT2D eigenvalue weighted by molar-refractivity contribution is 6.31. The number of likely N-dealkylation sites (N-methyl/N-ethyl adjacent to an activating group) is 1. The first-order valence-corrected chi connectivity index (χ1v) is 17.2. The summed E-state index contributed by atoms with van der Waals surface area (Å²) in [5, 5.41) is 5.10. The summed E-state index contributed by atoms with van der Waals surface area (Å²) >= 11 is 6.24. The number of amides is 4. The minimum Gasteiger partial charge on any atom is -0.443 e. The average Bonchev–Trinajstić information content (AvgIpc) is 3.03. The summed E-state index contributed by atoms with van der Waals surface area (Å²) in [5.41, 5.74) is -2.81. The number of hydrogen-bond acceptors (Lipinski definition) is 10. The summed E-state index contributed by atoms with van der Waals surface area (Å²) in [4.78, 5) is 64.8. The van der Waals surface area contributed by atoms with Crippen molar-refractivity contribution in [1.29, 1.82) is 0 Å². The van der Waals surface area contributed by atoms with Gasteiger partial charge in [0.2, 0.25) is 5.95 Å². The van der Waals surface area contributed by atoms with Crippen molar-refractivity contribution in [2.75, 3.05) is 48.3 Å². The van der Waals surface area contributed by atoms with E-state index in [1.165, 1.54) is 30.3 Å². The van der Waals surface area contributed by atoms with Crippen LogP contribution in [0.15, 0.2) is 48.8 Å². The van der Waals surface area contributed by atoms with Crippen LogP contribution >= 0.6 is 11.6 Å². The molecule has 2 N–H and O–H groups in total. The van der Waals surface area contributed by atoms with Crippen LogP contribution in [-0.2, 0) is 22.2 Å². The second-order valence-electron chi connectivity index (χ2n) is 14.3. The number of nitrogens with zero attached hydrogens (tertiary/aromatic N) is 5. The van der Waals surface area contributed by atoms with E-state index in [0.29, 0.717) is 18.0 Å². The second-order valence-corrected chi connectivity index (χ2v) is 14.7. The number of carbonyl (C=O) groups excluding carboxylic acids is 4. The molecule has 1 fully saturated rings. The summed E-state index contributed by atoms with van der Waals surface area (Å²) in [6.07, 6.45) is -4.73. The maximum absolute atomic E-state index is 14.1. The molecular formula is C36H43ClF3N7O6. The molecule has 3 aromatic rings. The molecule has 0 radical (unpaired) electrons. The van der Waals surface area contributed by atoms with Crippen molar-refractivity contribution >= 4 is 52.9 Å². The standard InChI is InChI=1S/C36H43ClF3N7O6/c1-8-45-11-13-46(14-12-45)21-22-9-10-26(18-28(22)36(38,39)40)43-29(48)23-15-25(37)17-27(16-23)44-30(49)24-19-41-31(42-20-24)47(32(50)52-34(2,3)4)33(51)53-35(5,6)7/h9-10,15-20H,8,11-14,21H2,1-7H3,(H,43,48)(H,44,49). The molecule has 0 bridgehead atoms. The van der Waals surface area contributed by atoms with Crippen molar-refractivity contribution in [2.24, 2.45) is 0 Å². The quantitative estimate of drug-likeness (QED) is 0.237. The molecular weight excluding hydrogens is 719 g/mol. The number of benzene rings is 2. The lowest BCUT2D eigenvalue weighted by Crippen LogP contribution is -2.45. The first-order chi connectivity index (χ1) is 24.6. The van der Waals surface area contributed by atoms with Crippen molar-refractivity contribution in [2.45, 2.75) is 72.4 Å². The van der Waals surface area contributed by atoms with E-state index in [9.17, 15) is 32.3 Å². The normalized spacial score (nSPS) is 14.3. The zero-order valence-electron chi connectivity index (χ0n) is 30.6. The predicted octanol–water partition coefficient (Wildman–Crippen LogP) is 7.47. The molecule has 0 spiro atoms. The number of nitrogens with one attached hydrogen (secondary N) is 2. The fourth-order valence-electron chi connectivity index (χ4n) is 5.17. The van der Waals surface area contributed by atoms with Gasteiger partial charge in [0.25, 0.3) is 11.8 Å². The predicted molar refractivity (Wildman–Crippen MR) is 193 cm³/mol. The number of piperazine rings is 1. The number of hydrogen-bond donors (Lipinski definition) is 2. The van der Waals surface area contributed by atoms with Crippen molar-refractivity contribution < 1.29 is 41.8 Å². The van der Waals surface area contributed by atoms with Crippen LogP contribution in [0.3, 0.4) is 0 Å². The van der Waals surface area contributed by atoms with Gasteiger partial charge >= 0.3 is 18.4 Å². The number of halogens is 4. The minimum absolute atomic E-state index is 0.0452. The van der Waals surface area contributed by atoms with Gasteiger partial charge in [-0.15, -0.1) is 4.90 Å². The van der Waals surface area contributed by atoms with Gasteiger partial charge < -0.3 is 25.0 Å². The molecule has 1 saturated heterocycles. The Morgan fingerprint density at radius 1 is 0.774 bits per heavy atom. The lowest BCUT2D eigenvalue weighted by atomic mass is 10.0. The summed E-state index contributed by atoms with van der Waals surface area (Å²) in [5.74, 6) is -1.92. The number of carbonyl (C=O) groups is 4. The Labute approximate surface area is 310 Å². The molecule has 1 aliphatic heterocycles. The fourth-order valence-corrected chi connectivity index (χ4v) is 5.40. The third kappa shape index (κ3) is 11.9. The van der Waals surface area contributed by atoms with Crippen LogP contribution in [-0.4, -0.2) is 87.7 Å². The molecule has 17 heteroatoms. The lowest BCUT2D eigenvalue weighted by Gasteiger charge is -2.34. The van der Waals surface area contributed by atoms with Crippen molar-refractivity contribution in [3.63, 3.8) is 0 Å². The SMILES string of the molecule is CCN1CCN(Cc2ccc(NC(=O)c3cc(Cl)cc(NC(=O)c4cnc(N(C(=O)OC(C)(C)C)C(=O)OC(C)(C)C)nc4)c3)cc2C(F)(F)F)CC1. The third-order valence-corrected chi connectivity index (χ3v) is 7.87. The topological polar surface area (TPSA) is 146 Å². The van der Waals surface area contributed by atoms with Crippen LogP contribution in [0.5, 0.6) is 0 Å². The maximum Gasteiger partial charge on any atom is 0.427 e. The van der Waals surface area contributed by atoms with Crippen LogP contribution < -0.4 is 15.5 Å². The average molecular weight is 762 g/mol. The first-order valence-electron chi connectivity index (χ1n) is 16.8. The molecule has 286 valence electrons. The van der Waals surface area contributed by atoms with E-state index in [1.807, 2.05) is 11.8 Å². The monoisotopic (exact) mass is 761 g/mol. The van der Waals surface area contributed by atoms with Crippen molar-refractivity contribution in [3.05, 3.63) is 76.1 Å². The zero-order chi connectivity index (χ0) is 39.3. The highest BCUT2D eigenvalue weighted by Gasteiger charge is 2.36.